The van der Waals surface area contributed by atoms with Gasteiger partial charge in [0.2, 0.25) is 0 Å². The van der Waals surface area contributed by atoms with E-state index in [1.807, 2.05) is 24.3 Å². The lowest BCUT2D eigenvalue weighted by Gasteiger charge is -2.35. The van der Waals surface area contributed by atoms with Gasteiger partial charge in [-0.2, -0.15) is 0 Å². The Morgan fingerprint density at radius 2 is 1.72 bits per heavy atom. The first-order chi connectivity index (χ1) is 8.59. The highest BCUT2D eigenvalue weighted by Crippen LogP contribution is 2.26. The molecule has 1 heterocycles. The monoisotopic (exact) mass is 312 g/mol. The molecule has 0 aliphatic carbocycles. The first kappa shape index (κ1) is 12.9. The van der Waals surface area contributed by atoms with Gasteiger partial charge in [0.05, 0.1) is 5.69 Å². The van der Waals surface area contributed by atoms with Crippen LogP contribution in [0.2, 0.25) is 0 Å². The molecule has 0 radical (unpaired) electrons. The quantitative estimate of drug-likeness (QED) is 0.791. The molecule has 1 N–H and O–H groups in total. The number of hydrogen-bond donors (Lipinski definition) is 1. The fourth-order valence-corrected chi connectivity index (χ4v) is 2.53. The summed E-state index contributed by atoms with van der Waals surface area (Å²) in [6, 6.07) is 7.86. The van der Waals surface area contributed by atoms with E-state index in [-0.39, 0.29) is 0 Å². The van der Waals surface area contributed by atoms with Gasteiger partial charge in [0.15, 0.2) is 0 Å². The van der Waals surface area contributed by atoms with Crippen molar-refractivity contribution in [1.82, 2.24) is 4.90 Å². The van der Waals surface area contributed by atoms with E-state index >= 15 is 0 Å². The van der Waals surface area contributed by atoms with E-state index in [0.717, 1.165) is 10.2 Å². The molecule has 0 atom stereocenters. The first-order valence-corrected chi connectivity index (χ1v) is 6.40. The lowest BCUT2D eigenvalue weighted by atomic mass is 10.2. The summed E-state index contributed by atoms with van der Waals surface area (Å²) in [5.41, 5.74) is 1.07. The number of para-hydroxylation sites is 1. The third-order valence-corrected chi connectivity index (χ3v) is 3.61. The van der Waals surface area contributed by atoms with Gasteiger partial charge in [-0.05, 0) is 28.1 Å². The number of nitrogens with zero attached hydrogens (tertiary/aromatic N) is 2. The van der Waals surface area contributed by atoms with Crippen LogP contribution in [-0.4, -0.2) is 48.1 Å². The molecule has 6 heteroatoms. The molecular formula is C12H13BrN2O3. The number of rotatable bonds is 1. The number of halogens is 1. The van der Waals surface area contributed by atoms with Crippen LogP contribution in [0.15, 0.2) is 28.7 Å². The van der Waals surface area contributed by atoms with Crippen molar-refractivity contribution in [1.29, 1.82) is 0 Å². The van der Waals surface area contributed by atoms with Crippen molar-refractivity contribution in [3.8, 4) is 0 Å². The van der Waals surface area contributed by atoms with Crippen molar-refractivity contribution >= 4 is 33.5 Å². The summed E-state index contributed by atoms with van der Waals surface area (Å²) in [6.45, 7) is 2.15. The second kappa shape index (κ2) is 5.39. The van der Waals surface area contributed by atoms with Crippen LogP contribution in [0, 0.1) is 0 Å². The van der Waals surface area contributed by atoms with E-state index in [0.29, 0.717) is 26.2 Å². The van der Waals surface area contributed by atoms with E-state index in [1.54, 1.807) is 0 Å². The van der Waals surface area contributed by atoms with Gasteiger partial charge in [-0.3, -0.25) is 4.79 Å². The third kappa shape index (κ3) is 2.64. The van der Waals surface area contributed by atoms with E-state index in [1.165, 1.54) is 4.90 Å². The van der Waals surface area contributed by atoms with Crippen molar-refractivity contribution in [2.24, 2.45) is 0 Å². The lowest BCUT2D eigenvalue weighted by Crippen LogP contribution is -2.50. The van der Waals surface area contributed by atoms with E-state index < -0.39 is 11.9 Å². The van der Waals surface area contributed by atoms with Crippen LogP contribution < -0.4 is 4.90 Å². The first-order valence-electron chi connectivity index (χ1n) is 5.61. The number of hydrogen-bond acceptors (Lipinski definition) is 3. The molecule has 0 spiro atoms. The SMILES string of the molecule is O=C(O)C(=O)N1CCN(c2ccccc2Br)CC1. The molecule has 1 fully saturated rings. The Balaban J connectivity index is 2.01. The molecule has 2 rings (SSSR count). The van der Waals surface area contributed by atoms with Crippen LogP contribution in [0.4, 0.5) is 5.69 Å². The molecule has 5 nitrogen and oxygen atoms in total. The molecule has 1 aliphatic rings. The second-order valence-electron chi connectivity index (χ2n) is 4.04. The van der Waals surface area contributed by atoms with Crippen LogP contribution in [0.3, 0.4) is 0 Å². The molecule has 0 aromatic heterocycles. The third-order valence-electron chi connectivity index (χ3n) is 2.94. The number of carboxylic acids is 1. The molecule has 1 aliphatic heterocycles. The normalized spacial score (nSPS) is 15.6. The Kier molecular flexibility index (Phi) is 3.86. The van der Waals surface area contributed by atoms with E-state index in [9.17, 15) is 9.59 Å². The number of piperazine rings is 1. The Labute approximate surface area is 113 Å². The Hall–Kier alpha value is -1.56. The van der Waals surface area contributed by atoms with Crippen molar-refractivity contribution in [2.45, 2.75) is 0 Å². The van der Waals surface area contributed by atoms with Crippen molar-refractivity contribution in [3.05, 3.63) is 28.7 Å². The summed E-state index contributed by atoms with van der Waals surface area (Å²) < 4.78 is 1.00. The van der Waals surface area contributed by atoms with Crippen LogP contribution >= 0.6 is 15.9 Å². The van der Waals surface area contributed by atoms with Gasteiger partial charge in [-0.25, -0.2) is 4.79 Å². The highest BCUT2D eigenvalue weighted by molar-refractivity contribution is 9.10. The highest BCUT2D eigenvalue weighted by atomic mass is 79.9. The minimum Gasteiger partial charge on any atom is -0.474 e. The summed E-state index contributed by atoms with van der Waals surface area (Å²) in [6.07, 6.45) is 0. The predicted molar refractivity (Wildman–Crippen MR) is 70.6 cm³/mol. The fraction of sp³-hybridized carbons (Fsp3) is 0.333. The van der Waals surface area contributed by atoms with Crippen molar-refractivity contribution < 1.29 is 14.7 Å². The van der Waals surface area contributed by atoms with Crippen molar-refractivity contribution in [2.75, 3.05) is 31.1 Å². The summed E-state index contributed by atoms with van der Waals surface area (Å²) >= 11 is 3.48. The molecule has 18 heavy (non-hydrogen) atoms. The molecule has 0 saturated carbocycles. The predicted octanol–water partition coefficient (Wildman–Crippen LogP) is 1.18. The standard InChI is InChI=1S/C12H13BrN2O3/c13-9-3-1-2-4-10(9)14-5-7-15(8-6-14)11(16)12(17)18/h1-4H,5-8H2,(H,17,18). The Morgan fingerprint density at radius 3 is 2.28 bits per heavy atom. The number of amides is 1. The van der Waals surface area contributed by atoms with Gasteiger partial charge in [-0.1, -0.05) is 12.1 Å². The maximum atomic E-state index is 11.3. The van der Waals surface area contributed by atoms with Gasteiger partial charge in [0, 0.05) is 30.7 Å². The number of carbonyl (C=O) groups is 2. The molecule has 0 bridgehead atoms. The smallest absolute Gasteiger partial charge is 0.394 e. The maximum Gasteiger partial charge on any atom is 0.394 e. The van der Waals surface area contributed by atoms with Crippen molar-refractivity contribution in [3.63, 3.8) is 0 Å². The molecule has 1 saturated heterocycles. The second-order valence-corrected chi connectivity index (χ2v) is 4.89. The van der Waals surface area contributed by atoms with Gasteiger partial charge in [-0.15, -0.1) is 0 Å². The number of benzene rings is 1. The van der Waals surface area contributed by atoms with Crippen LogP contribution in [0.5, 0.6) is 0 Å². The minimum atomic E-state index is -1.38. The Morgan fingerprint density at radius 1 is 1.11 bits per heavy atom. The highest BCUT2D eigenvalue weighted by Gasteiger charge is 2.25. The largest absolute Gasteiger partial charge is 0.474 e. The summed E-state index contributed by atoms with van der Waals surface area (Å²) in [4.78, 5) is 25.4. The average molecular weight is 313 g/mol. The van der Waals surface area contributed by atoms with Crippen LogP contribution in [-0.2, 0) is 9.59 Å². The molecule has 96 valence electrons. The summed E-state index contributed by atoms with van der Waals surface area (Å²) in [5.74, 6) is -2.20. The number of carbonyl (C=O) groups excluding carboxylic acids is 1. The molecule has 1 aromatic rings. The maximum absolute atomic E-state index is 11.3. The number of aliphatic carboxylic acids is 1. The summed E-state index contributed by atoms with van der Waals surface area (Å²) in [5, 5.41) is 8.65. The lowest BCUT2D eigenvalue weighted by molar-refractivity contribution is -0.156. The van der Waals surface area contributed by atoms with Gasteiger partial charge in [0.1, 0.15) is 0 Å². The number of carboxylic acid groups (broad SMARTS) is 1. The van der Waals surface area contributed by atoms with Crippen LogP contribution in [0.1, 0.15) is 0 Å². The zero-order valence-corrected chi connectivity index (χ0v) is 11.3. The zero-order valence-electron chi connectivity index (χ0n) is 9.67. The minimum absolute atomic E-state index is 0.437. The Bertz CT molecular complexity index is 470. The molecule has 1 amide bonds. The van der Waals surface area contributed by atoms with Gasteiger partial charge < -0.3 is 14.9 Å². The summed E-state index contributed by atoms with van der Waals surface area (Å²) in [7, 11) is 0. The molecular weight excluding hydrogens is 300 g/mol. The van der Waals surface area contributed by atoms with Crippen LogP contribution in [0.25, 0.3) is 0 Å². The molecule has 1 aromatic carbocycles. The topological polar surface area (TPSA) is 60.9 Å². The average Bonchev–Trinajstić information content (AvgIpc) is 2.38. The van der Waals surface area contributed by atoms with E-state index in [4.69, 9.17) is 5.11 Å². The van der Waals surface area contributed by atoms with Gasteiger partial charge >= 0.3 is 11.9 Å². The zero-order chi connectivity index (χ0) is 13.1. The fourth-order valence-electron chi connectivity index (χ4n) is 1.99. The number of anilines is 1. The van der Waals surface area contributed by atoms with Gasteiger partial charge in [0.25, 0.3) is 0 Å². The molecule has 0 unspecified atom stereocenters. The van der Waals surface area contributed by atoms with E-state index in [2.05, 4.69) is 20.8 Å².